The van der Waals surface area contributed by atoms with Gasteiger partial charge in [-0.25, -0.2) is 0 Å². The second kappa shape index (κ2) is 6.61. The zero-order valence-electron chi connectivity index (χ0n) is 13.0. The summed E-state index contributed by atoms with van der Waals surface area (Å²) in [5.74, 6) is 0.324. The molecule has 3 nitrogen and oxygen atoms in total. The lowest BCUT2D eigenvalue weighted by Gasteiger charge is -2.35. The zero-order valence-corrected chi connectivity index (χ0v) is 13.0. The molecule has 0 N–H and O–H groups in total. The van der Waals surface area contributed by atoms with E-state index in [1.165, 1.54) is 24.8 Å². The fraction of sp³-hybridized carbons (Fsp3) is 0.611. The summed E-state index contributed by atoms with van der Waals surface area (Å²) in [4.78, 5) is 17.1. The summed E-state index contributed by atoms with van der Waals surface area (Å²) in [5, 5.41) is 0. The largest absolute Gasteiger partial charge is 0.339 e. The van der Waals surface area contributed by atoms with Crippen molar-refractivity contribution < 1.29 is 4.79 Å². The lowest BCUT2D eigenvalue weighted by molar-refractivity contribution is -0.135. The van der Waals surface area contributed by atoms with Gasteiger partial charge in [-0.15, -0.1) is 0 Å². The van der Waals surface area contributed by atoms with Crippen LogP contribution in [-0.4, -0.2) is 41.4 Å². The molecule has 2 fully saturated rings. The highest BCUT2D eigenvalue weighted by atomic mass is 16.2. The highest BCUT2D eigenvalue weighted by molar-refractivity contribution is 5.78. The molecule has 2 aliphatic rings. The second-order valence-electron chi connectivity index (χ2n) is 6.47. The van der Waals surface area contributed by atoms with Crippen LogP contribution in [0.4, 0.5) is 0 Å². The van der Waals surface area contributed by atoms with Crippen LogP contribution in [0.2, 0.25) is 0 Å². The third kappa shape index (κ3) is 3.29. The normalized spacial score (nSPS) is 27.0. The summed E-state index contributed by atoms with van der Waals surface area (Å²) in [6.07, 6.45) is 5.96. The van der Waals surface area contributed by atoms with Gasteiger partial charge in [-0.3, -0.25) is 9.69 Å². The van der Waals surface area contributed by atoms with Crippen molar-refractivity contribution >= 4 is 5.91 Å². The number of carbonyl (C=O) groups is 1. The molecule has 2 saturated heterocycles. The highest BCUT2D eigenvalue weighted by Crippen LogP contribution is 2.31. The molecule has 3 heteroatoms. The van der Waals surface area contributed by atoms with Gasteiger partial charge >= 0.3 is 0 Å². The summed E-state index contributed by atoms with van der Waals surface area (Å²) < 4.78 is 0. The minimum atomic E-state index is 0.324. The molecule has 21 heavy (non-hydrogen) atoms. The van der Waals surface area contributed by atoms with E-state index >= 15 is 0 Å². The molecule has 0 bridgehead atoms. The van der Waals surface area contributed by atoms with Crippen molar-refractivity contribution in [2.24, 2.45) is 0 Å². The van der Waals surface area contributed by atoms with Crippen molar-refractivity contribution in [3.05, 3.63) is 35.9 Å². The van der Waals surface area contributed by atoms with E-state index in [4.69, 9.17) is 0 Å². The lowest BCUT2D eigenvalue weighted by atomic mass is 10.0. The van der Waals surface area contributed by atoms with Crippen LogP contribution in [0.5, 0.6) is 0 Å². The summed E-state index contributed by atoms with van der Waals surface area (Å²) >= 11 is 0. The Balaban J connectivity index is 1.65. The maximum absolute atomic E-state index is 12.6. The first kappa shape index (κ1) is 14.6. The van der Waals surface area contributed by atoms with E-state index in [2.05, 4.69) is 47.1 Å². The first-order valence-corrected chi connectivity index (χ1v) is 8.34. The summed E-state index contributed by atoms with van der Waals surface area (Å²) in [5.41, 5.74) is 1.36. The van der Waals surface area contributed by atoms with Gasteiger partial charge in [0.05, 0.1) is 6.54 Å². The molecule has 1 amide bonds. The second-order valence-corrected chi connectivity index (χ2v) is 6.47. The lowest BCUT2D eigenvalue weighted by Crippen LogP contribution is -2.46. The average molecular weight is 286 g/mol. The maximum Gasteiger partial charge on any atom is 0.237 e. The minimum Gasteiger partial charge on any atom is -0.339 e. The van der Waals surface area contributed by atoms with Crippen molar-refractivity contribution in [2.75, 3.05) is 19.6 Å². The van der Waals surface area contributed by atoms with E-state index in [0.29, 0.717) is 24.5 Å². The third-order valence-corrected chi connectivity index (χ3v) is 5.01. The number of piperidine rings is 1. The van der Waals surface area contributed by atoms with E-state index in [0.717, 1.165) is 25.9 Å². The van der Waals surface area contributed by atoms with Crippen molar-refractivity contribution in [1.82, 2.24) is 9.80 Å². The monoisotopic (exact) mass is 286 g/mol. The van der Waals surface area contributed by atoms with Crippen LogP contribution in [0.15, 0.2) is 30.3 Å². The van der Waals surface area contributed by atoms with Gasteiger partial charge in [-0.05, 0) is 51.1 Å². The fourth-order valence-electron chi connectivity index (χ4n) is 3.80. The van der Waals surface area contributed by atoms with Crippen LogP contribution in [0.1, 0.15) is 50.6 Å². The Hall–Kier alpha value is -1.35. The van der Waals surface area contributed by atoms with Crippen molar-refractivity contribution in [2.45, 2.75) is 51.1 Å². The Labute approximate surface area is 127 Å². The molecule has 1 aromatic rings. The number of likely N-dealkylation sites (tertiary alicyclic amines) is 2. The van der Waals surface area contributed by atoms with Crippen molar-refractivity contribution in [1.29, 1.82) is 0 Å². The van der Waals surface area contributed by atoms with E-state index in [-0.39, 0.29) is 0 Å². The van der Waals surface area contributed by atoms with Crippen LogP contribution < -0.4 is 0 Å². The minimum absolute atomic E-state index is 0.324. The van der Waals surface area contributed by atoms with Gasteiger partial charge in [0, 0.05) is 18.6 Å². The summed E-state index contributed by atoms with van der Waals surface area (Å²) in [6, 6.07) is 11.5. The number of benzene rings is 1. The quantitative estimate of drug-likeness (QED) is 0.852. The van der Waals surface area contributed by atoms with Gasteiger partial charge in [0.15, 0.2) is 0 Å². The molecule has 0 aromatic heterocycles. The van der Waals surface area contributed by atoms with E-state index in [9.17, 15) is 4.79 Å². The Bertz CT molecular complexity index is 473. The van der Waals surface area contributed by atoms with Crippen LogP contribution in [-0.2, 0) is 4.79 Å². The van der Waals surface area contributed by atoms with Gasteiger partial charge in [0.25, 0.3) is 0 Å². The van der Waals surface area contributed by atoms with Gasteiger partial charge in [-0.1, -0.05) is 30.3 Å². The van der Waals surface area contributed by atoms with Crippen LogP contribution in [0.3, 0.4) is 0 Å². The van der Waals surface area contributed by atoms with Crippen molar-refractivity contribution in [3.8, 4) is 0 Å². The molecule has 2 aliphatic heterocycles. The predicted octanol–water partition coefficient (Wildman–Crippen LogP) is 3.22. The topological polar surface area (TPSA) is 23.6 Å². The molecule has 0 spiro atoms. The summed E-state index contributed by atoms with van der Waals surface area (Å²) in [6.45, 7) is 4.77. The SMILES string of the molecule is CC1CCCCN1C(=O)CN1CCCC1c1ccccc1. The molecule has 2 atom stereocenters. The van der Waals surface area contributed by atoms with E-state index in [1.807, 2.05) is 0 Å². The first-order valence-electron chi connectivity index (χ1n) is 8.34. The number of rotatable bonds is 3. The van der Waals surface area contributed by atoms with E-state index in [1.54, 1.807) is 0 Å². The Kier molecular flexibility index (Phi) is 4.59. The molecule has 2 unspecified atom stereocenters. The smallest absolute Gasteiger partial charge is 0.237 e. The zero-order chi connectivity index (χ0) is 14.7. The number of amides is 1. The van der Waals surface area contributed by atoms with Crippen LogP contribution >= 0.6 is 0 Å². The molecule has 1 aromatic carbocycles. The standard InChI is InChI=1S/C18H26N2O/c1-15-8-5-6-13-20(15)18(21)14-19-12-7-11-17(19)16-9-3-2-4-10-16/h2-4,9-10,15,17H,5-8,11-14H2,1H3. The molecular formula is C18H26N2O. The number of nitrogens with zero attached hydrogens (tertiary/aromatic N) is 2. The van der Waals surface area contributed by atoms with E-state index < -0.39 is 0 Å². The Morgan fingerprint density at radius 2 is 1.90 bits per heavy atom. The van der Waals surface area contributed by atoms with Crippen molar-refractivity contribution in [3.63, 3.8) is 0 Å². The fourth-order valence-corrected chi connectivity index (χ4v) is 3.80. The molecule has 114 valence electrons. The van der Waals surface area contributed by atoms with Crippen LogP contribution in [0.25, 0.3) is 0 Å². The highest BCUT2D eigenvalue weighted by Gasteiger charge is 2.30. The number of hydrogen-bond donors (Lipinski definition) is 0. The molecule has 0 aliphatic carbocycles. The molecule has 2 heterocycles. The predicted molar refractivity (Wildman–Crippen MR) is 85.0 cm³/mol. The molecule has 0 saturated carbocycles. The van der Waals surface area contributed by atoms with Crippen LogP contribution in [0, 0.1) is 0 Å². The van der Waals surface area contributed by atoms with Gasteiger partial charge in [0.1, 0.15) is 0 Å². The summed E-state index contributed by atoms with van der Waals surface area (Å²) in [7, 11) is 0. The molecule has 3 rings (SSSR count). The van der Waals surface area contributed by atoms with Gasteiger partial charge < -0.3 is 4.90 Å². The maximum atomic E-state index is 12.6. The average Bonchev–Trinajstić information content (AvgIpc) is 2.96. The first-order chi connectivity index (χ1) is 10.3. The molecule has 0 radical (unpaired) electrons. The molecular weight excluding hydrogens is 260 g/mol. The Morgan fingerprint density at radius 1 is 1.10 bits per heavy atom. The van der Waals surface area contributed by atoms with Gasteiger partial charge in [0.2, 0.25) is 5.91 Å². The Morgan fingerprint density at radius 3 is 2.67 bits per heavy atom. The van der Waals surface area contributed by atoms with Gasteiger partial charge in [-0.2, -0.15) is 0 Å². The number of hydrogen-bond acceptors (Lipinski definition) is 2. The number of carbonyl (C=O) groups excluding carboxylic acids is 1. The third-order valence-electron chi connectivity index (χ3n) is 5.01.